The van der Waals surface area contributed by atoms with Gasteiger partial charge in [0.2, 0.25) is 0 Å². The van der Waals surface area contributed by atoms with E-state index in [2.05, 4.69) is 20.7 Å². The molecule has 0 saturated heterocycles. The molecule has 0 heterocycles. The fourth-order valence-corrected chi connectivity index (χ4v) is 2.12. The lowest BCUT2D eigenvalue weighted by Crippen LogP contribution is -2.29. The molecule has 0 spiro atoms. The Morgan fingerprint density at radius 1 is 1.33 bits per heavy atom. The van der Waals surface area contributed by atoms with Crippen LogP contribution in [-0.4, -0.2) is 26.8 Å². The monoisotopic (exact) mass is 292 g/mol. The van der Waals surface area contributed by atoms with E-state index in [-0.39, 0.29) is 0 Å². The van der Waals surface area contributed by atoms with Crippen LogP contribution < -0.4 is 4.72 Å². The van der Waals surface area contributed by atoms with Gasteiger partial charge in [-0.05, 0) is 11.6 Å². The summed E-state index contributed by atoms with van der Waals surface area (Å²) in [6.07, 6.45) is 0. The molecule has 0 aliphatic rings. The Bertz CT molecular complexity index is 431. The van der Waals surface area contributed by atoms with Gasteiger partial charge >= 0.3 is 10.2 Å². The molecule has 1 rings (SSSR count). The number of para-hydroxylation sites is 1. The van der Waals surface area contributed by atoms with Gasteiger partial charge in [-0.1, -0.05) is 34.1 Å². The van der Waals surface area contributed by atoms with Crippen molar-refractivity contribution in [3.8, 4) is 0 Å². The van der Waals surface area contributed by atoms with E-state index in [9.17, 15) is 8.42 Å². The SMILES string of the molecule is CN(C)S(=O)(=O)Nc1ccccc1CBr. The molecule has 4 nitrogen and oxygen atoms in total. The van der Waals surface area contributed by atoms with Gasteiger partial charge in [0.1, 0.15) is 0 Å². The van der Waals surface area contributed by atoms with Gasteiger partial charge in [-0.15, -0.1) is 0 Å². The number of nitrogens with one attached hydrogen (secondary N) is 1. The summed E-state index contributed by atoms with van der Waals surface area (Å²) in [7, 11) is -0.451. The van der Waals surface area contributed by atoms with Gasteiger partial charge in [0.15, 0.2) is 0 Å². The van der Waals surface area contributed by atoms with E-state index >= 15 is 0 Å². The molecule has 84 valence electrons. The molecule has 1 aromatic carbocycles. The number of nitrogens with zero attached hydrogens (tertiary/aromatic N) is 1. The minimum absolute atomic E-state index is 0.600. The third-order valence-electron chi connectivity index (χ3n) is 1.88. The Morgan fingerprint density at radius 2 is 1.93 bits per heavy atom. The van der Waals surface area contributed by atoms with Crippen molar-refractivity contribution in [3.63, 3.8) is 0 Å². The van der Waals surface area contributed by atoms with Gasteiger partial charge in [0.05, 0.1) is 5.69 Å². The predicted molar refractivity (Wildman–Crippen MR) is 65.3 cm³/mol. The zero-order valence-electron chi connectivity index (χ0n) is 8.57. The number of anilines is 1. The second kappa shape index (κ2) is 4.96. The minimum Gasteiger partial charge on any atom is -0.271 e. The Kier molecular flexibility index (Phi) is 4.12. The fraction of sp³-hybridized carbons (Fsp3) is 0.333. The lowest BCUT2D eigenvalue weighted by Gasteiger charge is -2.15. The lowest BCUT2D eigenvalue weighted by atomic mass is 10.2. The summed E-state index contributed by atoms with van der Waals surface area (Å²) in [6.45, 7) is 0. The first-order chi connectivity index (χ1) is 6.97. The Hall–Kier alpha value is -0.590. The first-order valence-corrected chi connectivity index (χ1v) is 6.87. The molecule has 0 fully saturated rings. The summed E-state index contributed by atoms with van der Waals surface area (Å²) in [5, 5.41) is 0.610. The van der Waals surface area contributed by atoms with Gasteiger partial charge in [0.25, 0.3) is 0 Å². The molecule has 1 N–H and O–H groups in total. The summed E-state index contributed by atoms with van der Waals surface area (Å²) < 4.78 is 26.8. The number of alkyl halides is 1. The summed E-state index contributed by atoms with van der Waals surface area (Å²) in [5.74, 6) is 0. The Labute approximate surface area is 98.6 Å². The van der Waals surface area contributed by atoms with Crippen molar-refractivity contribution in [2.24, 2.45) is 0 Å². The maximum absolute atomic E-state index is 11.6. The number of benzene rings is 1. The second-order valence-corrected chi connectivity index (χ2v) is 5.63. The highest BCUT2D eigenvalue weighted by Gasteiger charge is 2.14. The third kappa shape index (κ3) is 3.19. The van der Waals surface area contributed by atoms with Crippen molar-refractivity contribution in [2.75, 3.05) is 18.8 Å². The molecule has 0 aromatic heterocycles. The summed E-state index contributed by atoms with van der Waals surface area (Å²) in [5.41, 5.74) is 1.51. The highest BCUT2D eigenvalue weighted by atomic mass is 79.9. The first kappa shape index (κ1) is 12.5. The average molecular weight is 293 g/mol. The van der Waals surface area contributed by atoms with E-state index in [0.717, 1.165) is 9.87 Å². The molecule has 0 atom stereocenters. The summed E-state index contributed by atoms with van der Waals surface area (Å²) in [4.78, 5) is 0. The van der Waals surface area contributed by atoms with Crippen molar-refractivity contribution >= 4 is 31.8 Å². The smallest absolute Gasteiger partial charge is 0.271 e. The molecule has 0 unspecified atom stereocenters. The van der Waals surface area contributed by atoms with E-state index in [0.29, 0.717) is 11.0 Å². The van der Waals surface area contributed by atoms with Crippen LogP contribution >= 0.6 is 15.9 Å². The van der Waals surface area contributed by atoms with Gasteiger partial charge < -0.3 is 0 Å². The van der Waals surface area contributed by atoms with Crippen LogP contribution in [-0.2, 0) is 15.5 Å². The predicted octanol–water partition coefficient (Wildman–Crippen LogP) is 1.80. The zero-order valence-corrected chi connectivity index (χ0v) is 11.0. The molecule has 1 aromatic rings. The molecular formula is C9H13BrN2O2S. The van der Waals surface area contributed by atoms with Crippen LogP contribution in [0.1, 0.15) is 5.56 Å². The molecule has 0 radical (unpaired) electrons. The average Bonchev–Trinajstić information content (AvgIpc) is 2.18. The van der Waals surface area contributed by atoms with E-state index in [1.165, 1.54) is 14.1 Å². The first-order valence-electron chi connectivity index (χ1n) is 4.31. The van der Waals surface area contributed by atoms with Crippen LogP contribution in [0.2, 0.25) is 0 Å². The Balaban J connectivity index is 3.00. The van der Waals surface area contributed by atoms with Gasteiger partial charge in [-0.2, -0.15) is 12.7 Å². The number of hydrogen-bond donors (Lipinski definition) is 1. The highest BCUT2D eigenvalue weighted by Crippen LogP contribution is 2.19. The quantitative estimate of drug-likeness (QED) is 0.861. The standard InChI is InChI=1S/C9H13BrN2O2S/c1-12(2)15(13,14)11-9-6-4-3-5-8(9)7-10/h3-6,11H,7H2,1-2H3. The van der Waals surface area contributed by atoms with Crippen molar-refractivity contribution in [3.05, 3.63) is 29.8 Å². The van der Waals surface area contributed by atoms with Crippen LogP contribution in [0, 0.1) is 0 Å². The van der Waals surface area contributed by atoms with Gasteiger partial charge in [-0.3, -0.25) is 4.72 Å². The molecule has 0 aliphatic carbocycles. The largest absolute Gasteiger partial charge is 0.301 e. The molecule has 0 saturated carbocycles. The van der Waals surface area contributed by atoms with Crippen molar-refractivity contribution in [1.29, 1.82) is 0 Å². The van der Waals surface area contributed by atoms with Gasteiger partial charge in [-0.25, -0.2) is 0 Å². The number of rotatable bonds is 4. The molecule has 6 heteroatoms. The van der Waals surface area contributed by atoms with Crippen molar-refractivity contribution in [1.82, 2.24) is 4.31 Å². The van der Waals surface area contributed by atoms with Crippen LogP contribution in [0.4, 0.5) is 5.69 Å². The highest BCUT2D eigenvalue weighted by molar-refractivity contribution is 9.08. The van der Waals surface area contributed by atoms with Crippen LogP contribution in [0.5, 0.6) is 0 Å². The summed E-state index contributed by atoms with van der Waals surface area (Å²) >= 11 is 3.30. The zero-order chi connectivity index (χ0) is 11.5. The topological polar surface area (TPSA) is 49.4 Å². The summed E-state index contributed by atoms with van der Waals surface area (Å²) in [6, 6.07) is 7.25. The molecule has 0 aliphatic heterocycles. The molecular weight excluding hydrogens is 280 g/mol. The Morgan fingerprint density at radius 3 is 2.47 bits per heavy atom. The van der Waals surface area contributed by atoms with E-state index in [4.69, 9.17) is 0 Å². The fourth-order valence-electron chi connectivity index (χ4n) is 0.967. The second-order valence-electron chi connectivity index (χ2n) is 3.18. The maximum Gasteiger partial charge on any atom is 0.301 e. The van der Waals surface area contributed by atoms with Gasteiger partial charge in [0, 0.05) is 19.4 Å². The minimum atomic E-state index is -3.42. The van der Waals surface area contributed by atoms with Crippen molar-refractivity contribution in [2.45, 2.75) is 5.33 Å². The molecule has 15 heavy (non-hydrogen) atoms. The third-order valence-corrected chi connectivity index (χ3v) is 3.92. The molecule has 0 amide bonds. The van der Waals surface area contributed by atoms with Crippen LogP contribution in [0.15, 0.2) is 24.3 Å². The number of hydrogen-bond acceptors (Lipinski definition) is 2. The van der Waals surface area contributed by atoms with E-state index in [1.807, 2.05) is 12.1 Å². The van der Waals surface area contributed by atoms with Crippen molar-refractivity contribution < 1.29 is 8.42 Å². The number of halogens is 1. The van der Waals surface area contributed by atoms with E-state index < -0.39 is 10.2 Å². The van der Waals surface area contributed by atoms with Crippen LogP contribution in [0.25, 0.3) is 0 Å². The normalized spacial score (nSPS) is 11.7. The van der Waals surface area contributed by atoms with E-state index in [1.54, 1.807) is 12.1 Å². The maximum atomic E-state index is 11.6. The molecule has 0 bridgehead atoms. The van der Waals surface area contributed by atoms with Crippen LogP contribution in [0.3, 0.4) is 0 Å². The lowest BCUT2D eigenvalue weighted by molar-refractivity contribution is 0.527.